The summed E-state index contributed by atoms with van der Waals surface area (Å²) in [4.78, 5) is 120. The van der Waals surface area contributed by atoms with Crippen LogP contribution in [0.1, 0.15) is 148 Å². The Kier molecular flexibility index (Phi) is 35.8. The van der Waals surface area contributed by atoms with E-state index in [0.717, 1.165) is 27.9 Å². The highest BCUT2D eigenvalue weighted by atomic mass is 19.1. The van der Waals surface area contributed by atoms with Crippen molar-refractivity contribution in [3.8, 4) is 73.4 Å². The highest BCUT2D eigenvalue weighted by Gasteiger charge is 2.24. The molecule has 8 aromatic carbocycles. The molecule has 0 atom stereocenters. The Hall–Kier alpha value is -14.6. The van der Waals surface area contributed by atoms with Gasteiger partial charge in [0.25, 0.3) is 0 Å². The van der Waals surface area contributed by atoms with E-state index in [0.29, 0.717) is 159 Å². The molecule has 0 spiro atoms. The number of ether oxygens (including phenoxy) is 5. The van der Waals surface area contributed by atoms with Crippen LogP contribution in [0.2, 0.25) is 0 Å². The molecule has 0 saturated heterocycles. The van der Waals surface area contributed by atoms with Crippen molar-refractivity contribution in [3.05, 3.63) is 298 Å². The van der Waals surface area contributed by atoms with Gasteiger partial charge in [0.05, 0.1) is 80.6 Å². The van der Waals surface area contributed by atoms with Crippen LogP contribution in [0, 0.1) is 36.1 Å². The summed E-state index contributed by atoms with van der Waals surface area (Å²) in [7, 11) is 13.7. The molecule has 0 aliphatic rings. The smallest absolute Gasteiger partial charge is 0.226 e. The van der Waals surface area contributed by atoms with Crippen LogP contribution in [0.5, 0.6) is 28.9 Å². The first-order chi connectivity index (χ1) is 61.9. The number of hydrogen-bond donors (Lipinski definition) is 1. The molecule has 4 heterocycles. The first kappa shape index (κ1) is 98.2. The first-order valence-electron chi connectivity index (χ1n) is 41.7. The monoisotopic (exact) mass is 1760 g/mol. The Morgan fingerprint density at radius 3 is 0.868 bits per heavy atom. The number of methoxy groups -OCH3 is 5. The number of ketones is 4. The van der Waals surface area contributed by atoms with Gasteiger partial charge >= 0.3 is 0 Å². The van der Waals surface area contributed by atoms with E-state index < -0.39 is 29.2 Å². The largest absolute Gasteiger partial charge is 0.496 e. The molecule has 2 N–H and O–H groups in total. The number of nitrogens with zero attached hydrogens (tertiary/aromatic N) is 8. The molecule has 22 nitrogen and oxygen atoms in total. The number of anilines is 5. The number of halogens is 5. The molecule has 0 aliphatic carbocycles. The van der Waals surface area contributed by atoms with Crippen molar-refractivity contribution in [2.75, 3.05) is 89.1 Å². The molecule has 0 fully saturated rings. The number of benzene rings is 8. The van der Waals surface area contributed by atoms with Gasteiger partial charge in [-0.1, -0.05) is 100 Å². The quantitative estimate of drug-likeness (QED) is 0.0227. The second-order valence-electron chi connectivity index (χ2n) is 29.8. The second kappa shape index (κ2) is 47.1. The van der Waals surface area contributed by atoms with Crippen molar-refractivity contribution in [1.29, 1.82) is 0 Å². The van der Waals surface area contributed by atoms with E-state index in [9.17, 15) is 60.3 Å². The number of Topliss-reactive ketones (excluding diaryl/α,β-unsaturated/α-hetero) is 4. The molecule has 4 amide bonds. The predicted octanol–water partition coefficient (Wildman–Crippen LogP) is 20.4. The average molecular weight is 1760 g/mol. The maximum Gasteiger partial charge on any atom is 0.226 e. The van der Waals surface area contributed by atoms with Crippen LogP contribution < -0.4 is 49.0 Å². The maximum absolute atomic E-state index is 14.7. The predicted molar refractivity (Wildman–Crippen MR) is 492 cm³/mol. The van der Waals surface area contributed by atoms with Gasteiger partial charge in [0.2, 0.25) is 35.5 Å². The summed E-state index contributed by atoms with van der Waals surface area (Å²) >= 11 is 0. The van der Waals surface area contributed by atoms with E-state index in [1.165, 1.54) is 85.5 Å². The van der Waals surface area contributed by atoms with Gasteiger partial charge in [-0.25, -0.2) is 32.5 Å². The molecule has 0 aliphatic heterocycles. The third-order valence-corrected chi connectivity index (χ3v) is 21.5. The van der Waals surface area contributed by atoms with Crippen LogP contribution >= 0.6 is 0 Å². The molecule has 670 valence electrons. The lowest BCUT2D eigenvalue weighted by Crippen LogP contribution is -2.25. The number of aromatic nitrogens is 4. The zero-order valence-electron chi connectivity index (χ0n) is 74.6. The lowest BCUT2D eigenvalue weighted by Gasteiger charge is -2.18. The molecule has 0 unspecified atom stereocenters. The Bertz CT molecular complexity index is 5820. The molecule has 0 bridgehead atoms. The second-order valence-corrected chi connectivity index (χ2v) is 29.8. The molecule has 129 heavy (non-hydrogen) atoms. The number of carbonyl (C=O) groups is 8. The van der Waals surface area contributed by atoms with Crippen LogP contribution in [0.25, 0.3) is 44.5 Å². The summed E-state index contributed by atoms with van der Waals surface area (Å²) in [6.07, 6.45) is 10.6. The fourth-order valence-corrected chi connectivity index (χ4v) is 13.8. The fraction of sp³-hybridized carbons (Fsp3) is 0.255. The Morgan fingerprint density at radius 1 is 0.326 bits per heavy atom. The molecule has 0 radical (unpaired) electrons. The lowest BCUT2D eigenvalue weighted by atomic mass is 9.98. The Balaban J connectivity index is 0.000000194. The molecule has 0 saturated carbocycles. The molecular formula is C102H104F5N9O13. The summed E-state index contributed by atoms with van der Waals surface area (Å²) < 4.78 is 99.2. The fourth-order valence-electron chi connectivity index (χ4n) is 13.8. The molecule has 27 heteroatoms. The van der Waals surface area contributed by atoms with Crippen molar-refractivity contribution in [1.82, 2.24) is 19.9 Å². The number of hydrogen-bond acceptors (Lipinski definition) is 18. The summed E-state index contributed by atoms with van der Waals surface area (Å²) in [6.45, 7) is 8.83. The number of amides is 4. The third kappa shape index (κ3) is 26.0. The molecule has 4 aromatic heterocycles. The van der Waals surface area contributed by atoms with E-state index in [2.05, 4.69) is 19.9 Å². The molecular weight excluding hydrogens is 1650 g/mol. The Labute approximate surface area is 747 Å². The van der Waals surface area contributed by atoms with Crippen LogP contribution in [0.4, 0.5) is 50.5 Å². The third-order valence-electron chi connectivity index (χ3n) is 21.5. The number of nitrogen functional groups attached to an aromatic ring is 1. The summed E-state index contributed by atoms with van der Waals surface area (Å²) in [5.74, 6) is -1.04. The normalized spacial score (nSPS) is 10.6. The molecule has 12 aromatic rings. The highest BCUT2D eigenvalue weighted by Crippen LogP contribution is 2.38. The SMILES string of the molecule is CCC(=O)N(C)c1ccc(-c2ccc(C(=O)CCc3ccc(C)nc3)c(OC)c2)cc1F.CCC(=O)N(C)c1ccc(-c2ccc(C(=O)CCc3ccc(N)nc3)c(OC)c2)cc1F.CCC(=O)N(C)c1ccc(-c2ccc(C(=O)CCc3ccc(OC)nc3)c(OC)c2)cc1F.CCC(=O)N(C)c1ccc(-c2ccc(C(=O)CCc3cccnc3F)c(OC)c2)cc1F. The number of aryl methyl sites for hydroxylation is 5. The molecule has 12 rings (SSSR count). The number of nitrogens with two attached hydrogens (primary N) is 1. The van der Waals surface area contributed by atoms with E-state index in [4.69, 9.17) is 29.4 Å². The van der Waals surface area contributed by atoms with Gasteiger partial charge in [0.15, 0.2) is 23.1 Å². The van der Waals surface area contributed by atoms with Crippen molar-refractivity contribution in [2.24, 2.45) is 0 Å². The lowest BCUT2D eigenvalue weighted by molar-refractivity contribution is -0.118. The minimum Gasteiger partial charge on any atom is -0.496 e. The topological polar surface area (TPSA) is 273 Å². The van der Waals surface area contributed by atoms with Crippen molar-refractivity contribution >= 4 is 75.3 Å². The van der Waals surface area contributed by atoms with Crippen LogP contribution in [-0.2, 0) is 44.9 Å². The highest BCUT2D eigenvalue weighted by molar-refractivity contribution is 6.03. The van der Waals surface area contributed by atoms with Gasteiger partial charge in [0, 0.05) is 122 Å². The first-order valence-corrected chi connectivity index (χ1v) is 41.7. The summed E-state index contributed by atoms with van der Waals surface area (Å²) in [5, 5.41) is 0. The van der Waals surface area contributed by atoms with E-state index in [-0.39, 0.29) is 88.8 Å². The maximum atomic E-state index is 14.7. The van der Waals surface area contributed by atoms with Gasteiger partial charge in [0.1, 0.15) is 52.1 Å². The number of pyridine rings is 4. The summed E-state index contributed by atoms with van der Waals surface area (Å²) in [5.41, 5.74) is 17.6. The van der Waals surface area contributed by atoms with Crippen LogP contribution in [-0.4, -0.2) is 130 Å². The van der Waals surface area contributed by atoms with Crippen molar-refractivity contribution < 1.29 is 84.0 Å². The van der Waals surface area contributed by atoms with Gasteiger partial charge in [-0.3, -0.25) is 43.3 Å². The van der Waals surface area contributed by atoms with Crippen molar-refractivity contribution in [2.45, 2.75) is 112 Å². The average Bonchev–Trinajstić information content (AvgIpc) is 0.817. The van der Waals surface area contributed by atoms with Gasteiger partial charge in [-0.2, -0.15) is 4.39 Å². The minimum atomic E-state index is -0.584. The van der Waals surface area contributed by atoms with Crippen LogP contribution in [0.15, 0.2) is 219 Å². The summed E-state index contributed by atoms with van der Waals surface area (Å²) in [6, 6.07) is 53.5. The zero-order chi connectivity index (χ0) is 93.7. The number of carbonyl (C=O) groups excluding carboxylic acids is 8. The van der Waals surface area contributed by atoms with Crippen LogP contribution in [0.3, 0.4) is 0 Å². The Morgan fingerprint density at radius 2 is 0.612 bits per heavy atom. The standard InChI is InChI=1S/C26H27FN2O4.C26H27FN2O3.C25H24F2N2O3.C25H26FN3O3/c1-5-26(31)29(2)22-11-9-18(14-21(22)27)19-8-10-20(24(15-19)32-3)23(30)12-6-17-7-13-25(33-4)28-16-17;1-5-26(31)29(3)23-12-10-19(14-22(23)27)20-9-11-21(25(15-20)32-4)24(30)13-8-18-7-6-17(2)28-16-18;1-4-24(31)29(2)21-11-8-17(14-20(21)26)18-7-10-19(23(15-18)32-3)22(30)12-9-16-6-5-13-28-25(16)27;1-4-25(31)29(2)21-10-8-17(13-20(21)26)18-7-9-19(23(14-18)32-3)22(30)11-5-16-6-12-24(27)28-15-16/h7-11,13-16H,5-6,12H2,1-4H3;6-7,9-12,14-16H,5,8,13H2,1-4H3;5-8,10-11,13-15H,4,9,12H2,1-3H3;6-10,12-15H,4-5,11H2,1-3H3,(H2,27,28). The van der Waals surface area contributed by atoms with Gasteiger partial charge in [-0.05, 0) is 209 Å². The van der Waals surface area contributed by atoms with E-state index in [1.54, 1.807) is 220 Å². The number of rotatable bonds is 33. The minimum absolute atomic E-state index is 0.0322. The zero-order valence-corrected chi connectivity index (χ0v) is 74.6. The van der Waals surface area contributed by atoms with E-state index in [1.807, 2.05) is 31.2 Å². The van der Waals surface area contributed by atoms with Gasteiger partial charge < -0.3 is 49.0 Å². The van der Waals surface area contributed by atoms with Crippen molar-refractivity contribution in [3.63, 3.8) is 0 Å². The van der Waals surface area contributed by atoms with E-state index >= 15 is 0 Å². The van der Waals surface area contributed by atoms with Gasteiger partial charge in [-0.15, -0.1) is 0 Å².